The zero-order valence-corrected chi connectivity index (χ0v) is 11.4. The Hall–Kier alpha value is -2.34. The van der Waals surface area contributed by atoms with Gasteiger partial charge in [-0.05, 0) is 30.7 Å². The van der Waals surface area contributed by atoms with Crippen molar-refractivity contribution in [3.05, 3.63) is 59.9 Å². The first-order chi connectivity index (χ1) is 10.1. The van der Waals surface area contributed by atoms with Crippen molar-refractivity contribution >= 4 is 11.6 Å². The number of nitrogens with one attached hydrogen (secondary N) is 2. The van der Waals surface area contributed by atoms with Crippen LogP contribution in [0.15, 0.2) is 42.7 Å². The molecule has 2 N–H and O–H groups in total. The fourth-order valence-corrected chi connectivity index (χ4v) is 1.80. The van der Waals surface area contributed by atoms with Gasteiger partial charge in [0.15, 0.2) is 0 Å². The van der Waals surface area contributed by atoms with Crippen molar-refractivity contribution in [2.45, 2.75) is 13.0 Å². The Morgan fingerprint density at radius 3 is 2.57 bits per heavy atom. The zero-order chi connectivity index (χ0) is 15.2. The van der Waals surface area contributed by atoms with Crippen LogP contribution in [0.5, 0.6) is 0 Å². The summed E-state index contributed by atoms with van der Waals surface area (Å²) >= 11 is 0. The van der Waals surface area contributed by atoms with E-state index in [1.54, 1.807) is 18.5 Å². The van der Waals surface area contributed by atoms with Gasteiger partial charge in [0.05, 0.1) is 6.54 Å². The normalized spacial score (nSPS) is 12.0. The van der Waals surface area contributed by atoms with E-state index in [9.17, 15) is 13.6 Å². The van der Waals surface area contributed by atoms with Gasteiger partial charge in [0.25, 0.3) is 0 Å². The average molecular weight is 291 g/mol. The molecule has 0 saturated heterocycles. The standard InChI is InChI=1S/C15H15F2N3O/c1-10(11-4-3-7-18-8-11)19-9-14(21)20-15-12(16)5-2-6-13(15)17/h2-8,10,19H,9H2,1H3,(H,20,21)/t10-/m1/s1. The highest BCUT2D eigenvalue weighted by Gasteiger charge is 2.13. The summed E-state index contributed by atoms with van der Waals surface area (Å²) in [6.07, 6.45) is 3.34. The van der Waals surface area contributed by atoms with Crippen molar-refractivity contribution < 1.29 is 13.6 Å². The molecule has 0 aliphatic heterocycles. The highest BCUT2D eigenvalue weighted by molar-refractivity contribution is 5.92. The fraction of sp³-hybridized carbons (Fsp3) is 0.200. The van der Waals surface area contributed by atoms with E-state index in [0.717, 1.165) is 17.7 Å². The molecule has 0 saturated carbocycles. The van der Waals surface area contributed by atoms with Gasteiger partial charge in [-0.3, -0.25) is 9.78 Å². The predicted molar refractivity (Wildman–Crippen MR) is 75.6 cm³/mol. The monoisotopic (exact) mass is 291 g/mol. The van der Waals surface area contributed by atoms with Crippen LogP contribution >= 0.6 is 0 Å². The zero-order valence-electron chi connectivity index (χ0n) is 11.4. The van der Waals surface area contributed by atoms with Crippen LogP contribution in [0.25, 0.3) is 0 Å². The second kappa shape index (κ2) is 6.90. The van der Waals surface area contributed by atoms with Crippen molar-refractivity contribution in [3.63, 3.8) is 0 Å². The summed E-state index contributed by atoms with van der Waals surface area (Å²) in [5, 5.41) is 5.18. The van der Waals surface area contributed by atoms with E-state index in [1.807, 2.05) is 13.0 Å². The molecule has 6 heteroatoms. The number of rotatable bonds is 5. The molecule has 1 heterocycles. The molecule has 110 valence electrons. The Morgan fingerprint density at radius 2 is 1.95 bits per heavy atom. The molecule has 1 atom stereocenters. The Bertz CT molecular complexity index is 599. The smallest absolute Gasteiger partial charge is 0.238 e. The number of hydrogen-bond donors (Lipinski definition) is 2. The summed E-state index contributed by atoms with van der Waals surface area (Å²) in [5.74, 6) is -2.12. The molecule has 0 unspecified atom stereocenters. The van der Waals surface area contributed by atoms with Crippen molar-refractivity contribution in [3.8, 4) is 0 Å². The summed E-state index contributed by atoms with van der Waals surface area (Å²) in [4.78, 5) is 15.7. The van der Waals surface area contributed by atoms with E-state index in [1.165, 1.54) is 6.07 Å². The van der Waals surface area contributed by atoms with Crippen LogP contribution in [0, 0.1) is 11.6 Å². The number of hydrogen-bond acceptors (Lipinski definition) is 3. The van der Waals surface area contributed by atoms with Crippen molar-refractivity contribution in [1.82, 2.24) is 10.3 Å². The topological polar surface area (TPSA) is 54.0 Å². The first-order valence-electron chi connectivity index (χ1n) is 6.45. The molecule has 1 amide bonds. The molecular weight excluding hydrogens is 276 g/mol. The SMILES string of the molecule is C[C@@H](NCC(=O)Nc1c(F)cccc1F)c1cccnc1. The number of halogens is 2. The lowest BCUT2D eigenvalue weighted by Gasteiger charge is -2.14. The maximum absolute atomic E-state index is 13.4. The number of pyridine rings is 1. The molecule has 0 aliphatic rings. The van der Waals surface area contributed by atoms with Crippen LogP contribution in [0.3, 0.4) is 0 Å². The molecular formula is C15H15F2N3O. The van der Waals surface area contributed by atoms with E-state index >= 15 is 0 Å². The molecule has 2 rings (SSSR count). The number of anilines is 1. The van der Waals surface area contributed by atoms with Crippen LogP contribution in [-0.4, -0.2) is 17.4 Å². The van der Waals surface area contributed by atoms with Crippen LogP contribution < -0.4 is 10.6 Å². The van der Waals surface area contributed by atoms with Crippen LogP contribution in [0.1, 0.15) is 18.5 Å². The highest BCUT2D eigenvalue weighted by atomic mass is 19.1. The first-order valence-corrected chi connectivity index (χ1v) is 6.45. The lowest BCUT2D eigenvalue weighted by Crippen LogP contribution is -2.30. The minimum atomic E-state index is -0.802. The summed E-state index contributed by atoms with van der Waals surface area (Å²) in [5.41, 5.74) is 0.487. The second-order valence-electron chi connectivity index (χ2n) is 4.53. The Labute approximate surface area is 121 Å². The van der Waals surface area contributed by atoms with Crippen LogP contribution in [0.4, 0.5) is 14.5 Å². The molecule has 4 nitrogen and oxygen atoms in total. The summed E-state index contributed by atoms with van der Waals surface area (Å²) in [7, 11) is 0. The maximum atomic E-state index is 13.4. The lowest BCUT2D eigenvalue weighted by molar-refractivity contribution is -0.115. The van der Waals surface area contributed by atoms with Gasteiger partial charge in [-0.2, -0.15) is 0 Å². The Kier molecular flexibility index (Phi) is 4.94. The summed E-state index contributed by atoms with van der Waals surface area (Å²) in [6, 6.07) is 6.98. The van der Waals surface area contributed by atoms with E-state index < -0.39 is 23.2 Å². The third-order valence-corrected chi connectivity index (χ3v) is 2.98. The van der Waals surface area contributed by atoms with Gasteiger partial charge in [0.2, 0.25) is 5.91 Å². The van der Waals surface area contributed by atoms with E-state index in [2.05, 4.69) is 15.6 Å². The number of benzene rings is 1. The van der Waals surface area contributed by atoms with Crippen molar-refractivity contribution in [2.24, 2.45) is 0 Å². The molecule has 1 aromatic carbocycles. The molecule has 0 fully saturated rings. The number of para-hydroxylation sites is 1. The predicted octanol–water partition coefficient (Wildman–Crippen LogP) is 2.65. The third kappa shape index (κ3) is 4.06. The molecule has 21 heavy (non-hydrogen) atoms. The number of carbonyl (C=O) groups is 1. The van der Waals surface area contributed by atoms with Gasteiger partial charge in [-0.25, -0.2) is 8.78 Å². The van der Waals surface area contributed by atoms with Gasteiger partial charge in [-0.15, -0.1) is 0 Å². The average Bonchev–Trinajstić information content (AvgIpc) is 2.49. The second-order valence-corrected chi connectivity index (χ2v) is 4.53. The Morgan fingerprint density at radius 1 is 1.24 bits per heavy atom. The van der Waals surface area contributed by atoms with Gasteiger partial charge in [-0.1, -0.05) is 12.1 Å². The third-order valence-electron chi connectivity index (χ3n) is 2.98. The number of aromatic nitrogens is 1. The molecule has 1 aromatic heterocycles. The minimum absolute atomic E-state index is 0.0656. The minimum Gasteiger partial charge on any atom is -0.320 e. The van der Waals surface area contributed by atoms with E-state index in [-0.39, 0.29) is 12.6 Å². The quantitative estimate of drug-likeness (QED) is 0.890. The van der Waals surface area contributed by atoms with Gasteiger partial charge in [0, 0.05) is 18.4 Å². The molecule has 0 aliphatic carbocycles. The van der Waals surface area contributed by atoms with Gasteiger partial charge >= 0.3 is 0 Å². The Balaban J connectivity index is 1.91. The first kappa shape index (κ1) is 15.1. The molecule has 0 spiro atoms. The molecule has 2 aromatic rings. The number of amides is 1. The van der Waals surface area contributed by atoms with E-state index in [4.69, 9.17) is 0 Å². The van der Waals surface area contributed by atoms with Gasteiger partial charge < -0.3 is 10.6 Å². The molecule has 0 radical (unpaired) electrons. The summed E-state index contributed by atoms with van der Waals surface area (Å²) < 4.78 is 26.8. The van der Waals surface area contributed by atoms with Gasteiger partial charge in [0.1, 0.15) is 17.3 Å². The number of carbonyl (C=O) groups excluding carboxylic acids is 1. The molecule has 0 bridgehead atoms. The lowest BCUT2D eigenvalue weighted by atomic mass is 10.1. The van der Waals surface area contributed by atoms with Crippen LogP contribution in [0.2, 0.25) is 0 Å². The van der Waals surface area contributed by atoms with Crippen LogP contribution in [-0.2, 0) is 4.79 Å². The largest absolute Gasteiger partial charge is 0.320 e. The summed E-state index contributed by atoms with van der Waals surface area (Å²) in [6.45, 7) is 1.80. The van der Waals surface area contributed by atoms with Crippen molar-refractivity contribution in [2.75, 3.05) is 11.9 Å². The van der Waals surface area contributed by atoms with Crippen molar-refractivity contribution in [1.29, 1.82) is 0 Å². The number of nitrogens with zero attached hydrogens (tertiary/aromatic N) is 1. The fourth-order valence-electron chi connectivity index (χ4n) is 1.80. The van der Waals surface area contributed by atoms with E-state index in [0.29, 0.717) is 0 Å². The highest BCUT2D eigenvalue weighted by Crippen LogP contribution is 2.17. The maximum Gasteiger partial charge on any atom is 0.238 e.